The Kier molecular flexibility index (Phi) is 12.5. The first-order valence-corrected chi connectivity index (χ1v) is 16.5. The molecule has 0 saturated carbocycles. The van der Waals surface area contributed by atoms with E-state index in [0.717, 1.165) is 0 Å². The van der Waals surface area contributed by atoms with E-state index in [2.05, 4.69) is 20.9 Å². The molecule has 0 spiro atoms. The molecule has 13 nitrogen and oxygen atoms in total. The number of amides is 1. The lowest BCUT2D eigenvalue weighted by molar-refractivity contribution is -0.130. The zero-order valence-corrected chi connectivity index (χ0v) is 26.4. The fraction of sp³-hybridized carbons (Fsp3) is 0.375. The number of hydrazine groups is 1. The van der Waals surface area contributed by atoms with Gasteiger partial charge in [-0.25, -0.2) is 18.8 Å². The SMILES string of the molecule is COCCCNNC(=O)[C@@]1(CCS(=O)(=O)c2ccccc2)N=C(c2ccc(OCCCO)cc2)O[C@H]1c1ccccc1CN=[N+]=[N-]. The Labute approximate surface area is 268 Å². The van der Waals surface area contributed by atoms with Crippen LogP contribution < -0.4 is 15.6 Å². The molecule has 4 rings (SSSR count). The van der Waals surface area contributed by atoms with Crippen LogP contribution in [0.25, 0.3) is 10.4 Å². The van der Waals surface area contributed by atoms with Gasteiger partial charge in [0.1, 0.15) is 5.75 Å². The van der Waals surface area contributed by atoms with Crippen molar-refractivity contribution in [3.05, 3.63) is 106 Å². The number of hydrogen-bond donors (Lipinski definition) is 3. The third kappa shape index (κ3) is 8.62. The summed E-state index contributed by atoms with van der Waals surface area (Å²) in [6.07, 6.45) is -0.193. The highest BCUT2D eigenvalue weighted by atomic mass is 32.2. The van der Waals surface area contributed by atoms with Crippen molar-refractivity contribution in [2.45, 2.75) is 42.3 Å². The summed E-state index contributed by atoms with van der Waals surface area (Å²) in [5, 5.41) is 12.8. The standard InChI is InChI=1S/C32H38N6O7S/c1-43-20-7-18-34-37-31(40)32(17-22-46(41,42)27-10-3-2-4-11-27)29(28-12-6-5-9-25(28)23-35-38-33)45-30(36-32)24-13-15-26(16-14-24)44-21-8-19-39/h2-6,9-16,29,34,39H,7-8,17-23H2,1H3,(H,37,40)/t29-,32-/m0/s1. The van der Waals surface area contributed by atoms with Gasteiger partial charge in [-0.15, -0.1) is 0 Å². The predicted octanol–water partition coefficient (Wildman–Crippen LogP) is 4.04. The molecule has 244 valence electrons. The smallest absolute Gasteiger partial charge is 0.266 e. The Bertz CT molecular complexity index is 1630. The fourth-order valence-electron chi connectivity index (χ4n) is 4.98. The third-order valence-electron chi connectivity index (χ3n) is 7.38. The van der Waals surface area contributed by atoms with E-state index in [9.17, 15) is 13.2 Å². The summed E-state index contributed by atoms with van der Waals surface area (Å²) in [4.78, 5) is 22.1. The average Bonchev–Trinajstić information content (AvgIpc) is 3.48. The number of aliphatic hydroxyl groups is 1. The maximum absolute atomic E-state index is 14.2. The molecule has 1 heterocycles. The van der Waals surface area contributed by atoms with Gasteiger partial charge in [-0.3, -0.25) is 10.2 Å². The Hall–Kier alpha value is -4.46. The van der Waals surface area contributed by atoms with Crippen molar-refractivity contribution in [3.8, 4) is 5.75 Å². The van der Waals surface area contributed by atoms with E-state index in [0.29, 0.717) is 55.0 Å². The second kappa shape index (κ2) is 16.7. The number of hydrogen-bond acceptors (Lipinski definition) is 10. The molecule has 0 fully saturated rings. The molecule has 3 aromatic carbocycles. The zero-order valence-electron chi connectivity index (χ0n) is 25.5. The first-order valence-electron chi connectivity index (χ1n) is 14.8. The van der Waals surface area contributed by atoms with Crippen molar-refractivity contribution < 1.29 is 32.5 Å². The van der Waals surface area contributed by atoms with E-state index in [4.69, 9.17) is 29.8 Å². The molecule has 0 unspecified atom stereocenters. The largest absolute Gasteiger partial charge is 0.494 e. The van der Waals surface area contributed by atoms with Gasteiger partial charge < -0.3 is 19.3 Å². The second-order valence-electron chi connectivity index (χ2n) is 10.5. The molecule has 3 aromatic rings. The topological polar surface area (TPSA) is 184 Å². The van der Waals surface area contributed by atoms with Gasteiger partial charge in [0.2, 0.25) is 5.90 Å². The number of benzene rings is 3. The van der Waals surface area contributed by atoms with Crippen molar-refractivity contribution in [2.24, 2.45) is 10.1 Å². The number of methoxy groups -OCH3 is 1. The lowest BCUT2D eigenvalue weighted by Crippen LogP contribution is -2.53. The first-order chi connectivity index (χ1) is 22.3. The van der Waals surface area contributed by atoms with Crippen molar-refractivity contribution in [1.29, 1.82) is 0 Å². The zero-order chi connectivity index (χ0) is 32.8. The van der Waals surface area contributed by atoms with E-state index in [1.807, 2.05) is 0 Å². The highest BCUT2D eigenvalue weighted by Crippen LogP contribution is 2.44. The minimum absolute atomic E-state index is 0.0106. The molecule has 0 saturated heterocycles. The molecular formula is C32H38N6O7S. The summed E-state index contributed by atoms with van der Waals surface area (Å²) >= 11 is 0. The van der Waals surface area contributed by atoms with Gasteiger partial charge in [-0.1, -0.05) is 47.6 Å². The number of rotatable bonds is 18. The fourth-order valence-corrected chi connectivity index (χ4v) is 6.37. The van der Waals surface area contributed by atoms with Crippen LogP contribution in [-0.2, 0) is 30.7 Å². The number of carbonyl (C=O) groups is 1. The molecular weight excluding hydrogens is 612 g/mol. The number of ether oxygens (including phenoxy) is 3. The number of nitrogens with one attached hydrogen (secondary N) is 2. The molecule has 1 amide bonds. The number of aliphatic imine (C=N–C) groups is 1. The third-order valence-corrected chi connectivity index (χ3v) is 9.11. The summed E-state index contributed by atoms with van der Waals surface area (Å²) in [5.74, 6) is -0.279. The Balaban J connectivity index is 1.78. The van der Waals surface area contributed by atoms with E-state index >= 15 is 0 Å². The highest BCUT2D eigenvalue weighted by Gasteiger charge is 2.54. The summed E-state index contributed by atoms with van der Waals surface area (Å²) < 4.78 is 44.2. The Morgan fingerprint density at radius 3 is 2.52 bits per heavy atom. The Morgan fingerprint density at radius 2 is 1.80 bits per heavy atom. The van der Waals surface area contributed by atoms with Crippen LogP contribution in [0.4, 0.5) is 0 Å². The predicted molar refractivity (Wildman–Crippen MR) is 172 cm³/mol. The van der Waals surface area contributed by atoms with Crippen LogP contribution in [-0.4, -0.2) is 70.1 Å². The van der Waals surface area contributed by atoms with Gasteiger partial charge in [-0.05, 0) is 59.5 Å². The Morgan fingerprint density at radius 1 is 1.07 bits per heavy atom. The van der Waals surface area contributed by atoms with Gasteiger partial charge in [0.25, 0.3) is 5.91 Å². The number of azide groups is 1. The van der Waals surface area contributed by atoms with Crippen LogP contribution >= 0.6 is 0 Å². The quantitative estimate of drug-likeness (QED) is 0.0606. The van der Waals surface area contributed by atoms with Crippen molar-refractivity contribution in [3.63, 3.8) is 0 Å². The summed E-state index contributed by atoms with van der Waals surface area (Å²) in [5.41, 5.74) is 14.6. The van der Waals surface area contributed by atoms with Gasteiger partial charge in [0.15, 0.2) is 21.5 Å². The lowest BCUT2D eigenvalue weighted by atomic mass is 9.83. The summed E-state index contributed by atoms with van der Waals surface area (Å²) in [7, 11) is -2.24. The van der Waals surface area contributed by atoms with Crippen LogP contribution in [0.2, 0.25) is 0 Å². The maximum Gasteiger partial charge on any atom is 0.266 e. The van der Waals surface area contributed by atoms with E-state index in [-0.39, 0.29) is 30.4 Å². The van der Waals surface area contributed by atoms with E-state index in [1.54, 1.807) is 73.8 Å². The molecule has 0 radical (unpaired) electrons. The summed E-state index contributed by atoms with van der Waals surface area (Å²) in [6, 6.07) is 22.0. The van der Waals surface area contributed by atoms with Crippen LogP contribution in [0.1, 0.15) is 42.1 Å². The van der Waals surface area contributed by atoms with Crippen LogP contribution in [0.5, 0.6) is 5.75 Å². The minimum Gasteiger partial charge on any atom is -0.494 e. The van der Waals surface area contributed by atoms with Gasteiger partial charge in [-0.2, -0.15) is 0 Å². The molecule has 0 aromatic heterocycles. The molecule has 0 aliphatic carbocycles. The molecule has 46 heavy (non-hydrogen) atoms. The average molecular weight is 651 g/mol. The molecule has 2 atom stereocenters. The van der Waals surface area contributed by atoms with Gasteiger partial charge >= 0.3 is 0 Å². The van der Waals surface area contributed by atoms with Crippen LogP contribution in [0.15, 0.2) is 93.9 Å². The van der Waals surface area contributed by atoms with Crippen molar-refractivity contribution in [1.82, 2.24) is 10.9 Å². The van der Waals surface area contributed by atoms with Crippen molar-refractivity contribution in [2.75, 3.05) is 39.2 Å². The van der Waals surface area contributed by atoms with E-state index < -0.39 is 33.1 Å². The first kappa shape index (κ1) is 34.4. The highest BCUT2D eigenvalue weighted by molar-refractivity contribution is 7.91. The minimum atomic E-state index is -3.82. The van der Waals surface area contributed by atoms with Crippen LogP contribution in [0, 0.1) is 0 Å². The molecule has 1 aliphatic rings. The van der Waals surface area contributed by atoms with Gasteiger partial charge in [0, 0.05) is 50.2 Å². The number of aliphatic hydroxyl groups excluding tert-OH is 1. The second-order valence-corrected chi connectivity index (χ2v) is 12.6. The normalized spacial score (nSPS) is 17.4. The monoisotopic (exact) mass is 650 g/mol. The number of carbonyl (C=O) groups excluding carboxylic acids is 1. The molecule has 0 bridgehead atoms. The van der Waals surface area contributed by atoms with E-state index in [1.165, 1.54) is 12.1 Å². The maximum atomic E-state index is 14.2. The summed E-state index contributed by atoms with van der Waals surface area (Å²) in [6.45, 7) is 1.21. The number of sulfone groups is 1. The number of nitrogens with zero attached hydrogens (tertiary/aromatic N) is 4. The molecule has 1 aliphatic heterocycles. The van der Waals surface area contributed by atoms with Crippen LogP contribution in [0.3, 0.4) is 0 Å². The lowest BCUT2D eigenvalue weighted by Gasteiger charge is -2.31. The van der Waals surface area contributed by atoms with Gasteiger partial charge in [0.05, 0.1) is 23.8 Å². The molecule has 14 heteroatoms. The van der Waals surface area contributed by atoms with Crippen molar-refractivity contribution >= 4 is 21.6 Å². The molecule has 3 N–H and O–H groups in total.